The fourth-order valence-corrected chi connectivity index (χ4v) is 1.33. The van der Waals surface area contributed by atoms with Gasteiger partial charge in [0.15, 0.2) is 0 Å². The van der Waals surface area contributed by atoms with Gasteiger partial charge in [-0.2, -0.15) is 0 Å². The van der Waals surface area contributed by atoms with Gasteiger partial charge in [0.2, 0.25) is 5.91 Å². The summed E-state index contributed by atoms with van der Waals surface area (Å²) in [5.41, 5.74) is 5.44. The zero-order valence-electron chi connectivity index (χ0n) is 11.4. The molecule has 1 unspecified atom stereocenters. The molecule has 0 heterocycles. The number of carbonyl (C=O) groups is 1. The minimum Gasteiger partial charge on any atom is -0.497 e. The smallest absolute Gasteiger partial charge is 0.236 e. The van der Waals surface area contributed by atoms with Crippen molar-refractivity contribution in [3.63, 3.8) is 0 Å². The van der Waals surface area contributed by atoms with Crippen molar-refractivity contribution in [2.45, 2.75) is 26.0 Å². The molecule has 0 spiro atoms. The molecule has 0 bridgehead atoms. The lowest BCUT2D eigenvalue weighted by Crippen LogP contribution is -2.42. The van der Waals surface area contributed by atoms with Crippen molar-refractivity contribution in [3.05, 3.63) is 24.3 Å². The summed E-state index contributed by atoms with van der Waals surface area (Å²) in [6.07, 6.45) is -0.124. The molecule has 19 heavy (non-hydrogen) atoms. The maximum Gasteiger partial charge on any atom is 0.236 e. The second kappa shape index (κ2) is 8.61. The molecule has 0 fully saturated rings. The molecule has 5 nitrogen and oxygen atoms in total. The topological polar surface area (TPSA) is 73.6 Å². The molecule has 2 atom stereocenters. The minimum atomic E-state index is -0.502. The number of methoxy groups -OCH3 is 1. The van der Waals surface area contributed by atoms with Gasteiger partial charge >= 0.3 is 0 Å². The molecule has 0 saturated carbocycles. The Bertz CT molecular complexity index is 382. The molecule has 108 valence electrons. The fourth-order valence-electron chi connectivity index (χ4n) is 1.33. The first-order valence-corrected chi connectivity index (χ1v) is 5.87. The van der Waals surface area contributed by atoms with E-state index in [1.807, 2.05) is 31.2 Å². The first kappa shape index (κ1) is 17.5. The number of hydrogen-bond donors (Lipinski definition) is 2. The van der Waals surface area contributed by atoms with Gasteiger partial charge in [-0.1, -0.05) is 0 Å². The van der Waals surface area contributed by atoms with Crippen LogP contribution in [0, 0.1) is 0 Å². The van der Waals surface area contributed by atoms with Gasteiger partial charge in [0.05, 0.1) is 19.7 Å². The highest BCUT2D eigenvalue weighted by molar-refractivity contribution is 5.85. The van der Waals surface area contributed by atoms with Gasteiger partial charge in [-0.25, -0.2) is 0 Å². The summed E-state index contributed by atoms with van der Waals surface area (Å²) in [5, 5.41) is 2.71. The largest absolute Gasteiger partial charge is 0.497 e. The fraction of sp³-hybridized carbons (Fsp3) is 0.462. The molecule has 1 aromatic rings. The van der Waals surface area contributed by atoms with Crippen molar-refractivity contribution < 1.29 is 14.3 Å². The van der Waals surface area contributed by atoms with Crippen molar-refractivity contribution in [3.8, 4) is 11.5 Å². The molecule has 0 aliphatic heterocycles. The number of ether oxygens (including phenoxy) is 2. The van der Waals surface area contributed by atoms with E-state index in [-0.39, 0.29) is 24.4 Å². The van der Waals surface area contributed by atoms with Crippen LogP contribution in [0.1, 0.15) is 13.8 Å². The van der Waals surface area contributed by atoms with E-state index in [4.69, 9.17) is 15.2 Å². The number of nitrogens with one attached hydrogen (secondary N) is 1. The summed E-state index contributed by atoms with van der Waals surface area (Å²) in [6, 6.07) is 6.79. The van der Waals surface area contributed by atoms with Gasteiger partial charge in [-0.05, 0) is 38.1 Å². The van der Waals surface area contributed by atoms with Gasteiger partial charge in [0.25, 0.3) is 0 Å². The van der Waals surface area contributed by atoms with Gasteiger partial charge in [-0.3, -0.25) is 4.79 Å². The maximum absolute atomic E-state index is 11.3. The van der Waals surface area contributed by atoms with E-state index in [9.17, 15) is 4.79 Å². The highest BCUT2D eigenvalue weighted by Crippen LogP contribution is 2.17. The summed E-state index contributed by atoms with van der Waals surface area (Å²) in [7, 11) is 1.61. The first-order valence-electron chi connectivity index (χ1n) is 5.87. The van der Waals surface area contributed by atoms with Crippen LogP contribution in [0.25, 0.3) is 0 Å². The van der Waals surface area contributed by atoms with Crippen LogP contribution in [-0.4, -0.2) is 31.7 Å². The zero-order chi connectivity index (χ0) is 13.5. The van der Waals surface area contributed by atoms with E-state index >= 15 is 0 Å². The lowest BCUT2D eigenvalue weighted by atomic mass is 10.3. The van der Waals surface area contributed by atoms with Crippen molar-refractivity contribution in [2.75, 3.05) is 13.7 Å². The quantitative estimate of drug-likeness (QED) is 0.829. The second-order valence-electron chi connectivity index (χ2n) is 4.14. The van der Waals surface area contributed by atoms with E-state index in [2.05, 4.69) is 5.32 Å². The van der Waals surface area contributed by atoms with Crippen molar-refractivity contribution in [2.24, 2.45) is 5.73 Å². The van der Waals surface area contributed by atoms with Crippen LogP contribution in [0.5, 0.6) is 11.5 Å². The van der Waals surface area contributed by atoms with Crippen LogP contribution in [0.2, 0.25) is 0 Å². The van der Waals surface area contributed by atoms with Crippen LogP contribution in [0.3, 0.4) is 0 Å². The highest BCUT2D eigenvalue weighted by atomic mass is 35.5. The summed E-state index contributed by atoms with van der Waals surface area (Å²) in [6.45, 7) is 3.95. The molecule has 1 aromatic carbocycles. The van der Waals surface area contributed by atoms with E-state index in [0.29, 0.717) is 6.54 Å². The SMILES string of the molecule is COc1ccc(OC(C)CNC(=O)[C@@H](C)N)cc1.Cl. The van der Waals surface area contributed by atoms with Gasteiger partial charge in [0, 0.05) is 0 Å². The predicted molar refractivity (Wildman–Crippen MR) is 77.0 cm³/mol. The number of benzene rings is 1. The molecule has 6 heteroatoms. The van der Waals surface area contributed by atoms with E-state index in [1.165, 1.54) is 0 Å². The lowest BCUT2D eigenvalue weighted by molar-refractivity contribution is -0.122. The van der Waals surface area contributed by atoms with Crippen LogP contribution < -0.4 is 20.5 Å². The van der Waals surface area contributed by atoms with Crippen molar-refractivity contribution in [1.29, 1.82) is 0 Å². The maximum atomic E-state index is 11.3. The second-order valence-corrected chi connectivity index (χ2v) is 4.14. The Labute approximate surface area is 119 Å². The van der Waals surface area contributed by atoms with Gasteiger partial charge in [0.1, 0.15) is 17.6 Å². The summed E-state index contributed by atoms with van der Waals surface area (Å²) >= 11 is 0. The molecule has 0 aliphatic rings. The molecule has 1 amide bonds. The summed E-state index contributed by atoms with van der Waals surface area (Å²) in [4.78, 5) is 11.3. The third-order valence-electron chi connectivity index (χ3n) is 2.37. The number of carbonyl (C=O) groups excluding carboxylic acids is 1. The van der Waals surface area contributed by atoms with Crippen LogP contribution in [0.4, 0.5) is 0 Å². The van der Waals surface area contributed by atoms with Crippen LogP contribution in [-0.2, 0) is 4.79 Å². The predicted octanol–water partition coefficient (Wildman–Crippen LogP) is 1.35. The Balaban J connectivity index is 0.00000324. The van der Waals surface area contributed by atoms with Gasteiger partial charge in [-0.15, -0.1) is 12.4 Å². The van der Waals surface area contributed by atoms with E-state index in [0.717, 1.165) is 11.5 Å². The Morgan fingerprint density at radius 2 is 1.79 bits per heavy atom. The number of nitrogens with two attached hydrogens (primary N) is 1. The third kappa shape index (κ3) is 6.31. The number of hydrogen-bond acceptors (Lipinski definition) is 4. The first-order chi connectivity index (χ1) is 8.52. The summed E-state index contributed by atoms with van der Waals surface area (Å²) in [5.74, 6) is 1.33. The number of amides is 1. The highest BCUT2D eigenvalue weighted by Gasteiger charge is 2.09. The molecular weight excluding hydrogens is 268 g/mol. The van der Waals surface area contributed by atoms with Crippen molar-refractivity contribution in [1.82, 2.24) is 5.32 Å². The monoisotopic (exact) mass is 288 g/mol. The molecule has 1 rings (SSSR count). The molecule has 3 N–H and O–H groups in total. The number of halogens is 1. The Morgan fingerprint density at radius 1 is 1.26 bits per heavy atom. The summed E-state index contributed by atoms with van der Waals surface area (Å²) < 4.78 is 10.7. The minimum absolute atomic E-state index is 0. The molecular formula is C13H21ClN2O3. The molecule has 0 saturated heterocycles. The van der Waals surface area contributed by atoms with E-state index < -0.39 is 6.04 Å². The molecule has 0 aromatic heterocycles. The normalized spacial score (nSPS) is 12.8. The third-order valence-corrected chi connectivity index (χ3v) is 2.37. The standard InChI is InChI=1S/C13H20N2O3.ClH/c1-9(8-15-13(16)10(2)14)18-12-6-4-11(17-3)5-7-12;/h4-7,9-10H,8,14H2,1-3H3,(H,15,16);1H/t9?,10-;/m1./s1. The zero-order valence-corrected chi connectivity index (χ0v) is 12.2. The van der Waals surface area contributed by atoms with Crippen molar-refractivity contribution >= 4 is 18.3 Å². The lowest BCUT2D eigenvalue weighted by Gasteiger charge is -2.16. The molecule has 0 radical (unpaired) electrons. The Morgan fingerprint density at radius 3 is 2.26 bits per heavy atom. The van der Waals surface area contributed by atoms with Gasteiger partial charge < -0.3 is 20.5 Å². The average Bonchev–Trinajstić information content (AvgIpc) is 2.36. The molecule has 0 aliphatic carbocycles. The van der Waals surface area contributed by atoms with E-state index in [1.54, 1.807) is 14.0 Å². The van der Waals surface area contributed by atoms with Crippen LogP contribution in [0.15, 0.2) is 24.3 Å². The number of rotatable bonds is 6. The Hall–Kier alpha value is -1.46. The van der Waals surface area contributed by atoms with Crippen LogP contribution >= 0.6 is 12.4 Å². The Kier molecular flexibility index (Phi) is 7.95. The average molecular weight is 289 g/mol.